The highest BCUT2D eigenvalue weighted by Crippen LogP contribution is 2.43. The summed E-state index contributed by atoms with van der Waals surface area (Å²) in [6.45, 7) is 4.16. The molecule has 1 amide bonds. The number of nitrogens with one attached hydrogen (secondary N) is 1. The molecule has 310 valence electrons. The molecule has 0 aliphatic carbocycles. The van der Waals surface area contributed by atoms with Crippen molar-refractivity contribution in [3.05, 3.63) is 12.2 Å². The Morgan fingerprint density at radius 3 is 1.37 bits per heavy atom. The quantitative estimate of drug-likeness (QED) is 0.0277. The minimum absolute atomic E-state index is 0.0814. The smallest absolute Gasteiger partial charge is 0.387 e. The zero-order chi connectivity index (χ0) is 38.2. The maximum absolute atomic E-state index is 12.8. The van der Waals surface area contributed by atoms with Gasteiger partial charge in [-0.3, -0.25) is 13.8 Å². The van der Waals surface area contributed by atoms with Crippen molar-refractivity contribution in [3.63, 3.8) is 0 Å². The number of aliphatic hydroxyl groups is 1. The first-order valence-electron chi connectivity index (χ1n) is 22.3. The van der Waals surface area contributed by atoms with Gasteiger partial charge in [-0.2, -0.15) is 0 Å². The van der Waals surface area contributed by atoms with Gasteiger partial charge in [-0.05, 0) is 19.3 Å². The average Bonchev–Trinajstić information content (AvgIpc) is 3.13. The van der Waals surface area contributed by atoms with E-state index in [1.165, 1.54) is 167 Å². The summed E-state index contributed by atoms with van der Waals surface area (Å²) < 4.78 is 22.1. The van der Waals surface area contributed by atoms with Gasteiger partial charge < -0.3 is 21.1 Å². The average molecular weight is 759 g/mol. The third-order valence-electron chi connectivity index (χ3n) is 10.1. The topological polar surface area (TPSA) is 131 Å². The Labute approximate surface area is 322 Å². The Morgan fingerprint density at radius 2 is 0.981 bits per heavy atom. The van der Waals surface area contributed by atoms with Crippen LogP contribution in [-0.2, 0) is 18.4 Å². The van der Waals surface area contributed by atoms with Gasteiger partial charge in [-0.1, -0.05) is 212 Å². The number of nitrogens with two attached hydrogens (primary N) is 1. The lowest BCUT2D eigenvalue weighted by Crippen LogP contribution is -2.45. The third kappa shape index (κ3) is 37.6. The molecule has 0 aliphatic heterocycles. The molecule has 0 rings (SSSR count). The summed E-state index contributed by atoms with van der Waals surface area (Å²) in [5.41, 5.74) is 5.37. The molecule has 3 atom stereocenters. The second kappa shape index (κ2) is 39.9. The third-order valence-corrected chi connectivity index (χ3v) is 11.1. The first kappa shape index (κ1) is 51.2. The fraction of sp³-hybridized carbons (Fsp3) is 0.930. The molecule has 8 nitrogen and oxygen atoms in total. The predicted molar refractivity (Wildman–Crippen MR) is 222 cm³/mol. The summed E-state index contributed by atoms with van der Waals surface area (Å²) >= 11 is 0. The molecule has 9 heteroatoms. The number of phosphoric acid groups is 1. The number of allylic oxidation sites excluding steroid dienone is 1. The van der Waals surface area contributed by atoms with Crippen LogP contribution in [0.25, 0.3) is 0 Å². The van der Waals surface area contributed by atoms with Gasteiger partial charge in [-0.15, -0.1) is 0 Å². The molecule has 0 saturated carbocycles. The van der Waals surface area contributed by atoms with Gasteiger partial charge in [0.2, 0.25) is 5.91 Å². The number of carbonyl (C=O) groups excluding carboxylic acids is 1. The lowest BCUT2D eigenvalue weighted by Gasteiger charge is -2.23. The van der Waals surface area contributed by atoms with Crippen LogP contribution in [0, 0.1) is 0 Å². The highest BCUT2D eigenvalue weighted by Gasteiger charge is 2.26. The highest BCUT2D eigenvalue weighted by molar-refractivity contribution is 7.47. The van der Waals surface area contributed by atoms with Crippen LogP contribution < -0.4 is 11.1 Å². The fourth-order valence-electron chi connectivity index (χ4n) is 6.72. The summed E-state index contributed by atoms with van der Waals surface area (Å²) in [5.74, 6) is -0.190. The molecular formula is C43H87N2O6P. The summed E-state index contributed by atoms with van der Waals surface area (Å²) in [6, 6.07) is -0.854. The number of unbranched alkanes of at least 4 members (excludes halogenated alkanes) is 30. The highest BCUT2D eigenvalue weighted by atomic mass is 31.2. The number of hydrogen-bond donors (Lipinski definition) is 4. The molecular weight excluding hydrogens is 671 g/mol. The monoisotopic (exact) mass is 759 g/mol. The molecule has 0 aliphatic rings. The largest absolute Gasteiger partial charge is 0.472 e. The zero-order valence-corrected chi connectivity index (χ0v) is 35.2. The summed E-state index contributed by atoms with van der Waals surface area (Å²) in [5, 5.41) is 13.7. The van der Waals surface area contributed by atoms with E-state index in [1.54, 1.807) is 6.08 Å². The zero-order valence-electron chi connectivity index (χ0n) is 34.3. The standard InChI is InChI=1S/C43H87N2O6P/c1-3-5-7-9-11-13-15-17-19-20-21-22-23-25-27-29-31-33-35-37-43(47)45-41(40-51-52(48,49)50-39-38-44)42(46)36-34-32-30-28-26-24-18-16-14-12-10-8-6-4-2/h34,36,41-42,46H,3-33,35,37-40,44H2,1-2H3,(H,45,47)(H,48,49)/b36-34+. The molecule has 5 N–H and O–H groups in total. The van der Waals surface area contributed by atoms with E-state index in [1.807, 2.05) is 6.08 Å². The lowest BCUT2D eigenvalue weighted by atomic mass is 10.0. The van der Waals surface area contributed by atoms with E-state index in [0.717, 1.165) is 38.5 Å². The van der Waals surface area contributed by atoms with E-state index in [4.69, 9.17) is 14.8 Å². The Hall–Kier alpha value is -0.760. The summed E-state index contributed by atoms with van der Waals surface area (Å²) in [7, 11) is -4.33. The van der Waals surface area contributed by atoms with Crippen molar-refractivity contribution in [3.8, 4) is 0 Å². The minimum atomic E-state index is -4.33. The van der Waals surface area contributed by atoms with E-state index >= 15 is 0 Å². The summed E-state index contributed by atoms with van der Waals surface area (Å²) in [4.78, 5) is 22.7. The number of hydrogen-bond acceptors (Lipinski definition) is 6. The normalized spacial score (nSPS) is 14.2. The van der Waals surface area contributed by atoms with Crippen molar-refractivity contribution < 1.29 is 28.4 Å². The van der Waals surface area contributed by atoms with Gasteiger partial charge in [0.25, 0.3) is 0 Å². The molecule has 3 unspecified atom stereocenters. The fourth-order valence-corrected chi connectivity index (χ4v) is 7.48. The molecule has 0 spiro atoms. The van der Waals surface area contributed by atoms with Crippen molar-refractivity contribution in [2.75, 3.05) is 19.8 Å². The van der Waals surface area contributed by atoms with Gasteiger partial charge in [0.15, 0.2) is 0 Å². The lowest BCUT2D eigenvalue weighted by molar-refractivity contribution is -0.123. The number of rotatable bonds is 42. The van der Waals surface area contributed by atoms with E-state index in [-0.39, 0.29) is 25.7 Å². The van der Waals surface area contributed by atoms with E-state index < -0.39 is 20.0 Å². The van der Waals surface area contributed by atoms with Crippen LogP contribution in [-0.4, -0.2) is 47.8 Å². The van der Waals surface area contributed by atoms with E-state index in [9.17, 15) is 19.4 Å². The number of aliphatic hydroxyl groups excluding tert-OH is 1. The first-order valence-corrected chi connectivity index (χ1v) is 23.8. The number of carbonyl (C=O) groups is 1. The first-order chi connectivity index (χ1) is 25.4. The molecule has 0 bridgehead atoms. The van der Waals surface area contributed by atoms with Gasteiger partial charge >= 0.3 is 7.82 Å². The SMILES string of the molecule is CCCCCCCCCCCCCC/C=C/C(O)C(COP(=O)(O)OCCN)NC(=O)CCCCCCCCCCCCCCCCCCCCC. The van der Waals surface area contributed by atoms with Crippen LogP contribution in [0.2, 0.25) is 0 Å². The van der Waals surface area contributed by atoms with Crippen LogP contribution in [0.3, 0.4) is 0 Å². The minimum Gasteiger partial charge on any atom is -0.387 e. The van der Waals surface area contributed by atoms with Crippen LogP contribution >= 0.6 is 7.82 Å². The Balaban J connectivity index is 4.14. The van der Waals surface area contributed by atoms with Crippen LogP contribution in [0.1, 0.15) is 226 Å². The molecule has 0 saturated heterocycles. The van der Waals surface area contributed by atoms with E-state index in [0.29, 0.717) is 6.42 Å². The molecule has 0 heterocycles. The maximum atomic E-state index is 12.8. The van der Waals surface area contributed by atoms with Crippen molar-refractivity contribution in [1.29, 1.82) is 0 Å². The van der Waals surface area contributed by atoms with Gasteiger partial charge in [0.1, 0.15) is 0 Å². The Morgan fingerprint density at radius 1 is 0.615 bits per heavy atom. The molecule has 0 fully saturated rings. The van der Waals surface area contributed by atoms with Gasteiger partial charge in [0, 0.05) is 13.0 Å². The molecule has 0 aromatic heterocycles. The van der Waals surface area contributed by atoms with Crippen molar-refractivity contribution in [2.45, 2.75) is 238 Å². The second-order valence-electron chi connectivity index (χ2n) is 15.3. The maximum Gasteiger partial charge on any atom is 0.472 e. The van der Waals surface area contributed by atoms with Gasteiger partial charge in [-0.25, -0.2) is 4.57 Å². The Kier molecular flexibility index (Phi) is 39.3. The van der Waals surface area contributed by atoms with Crippen molar-refractivity contribution in [2.24, 2.45) is 5.73 Å². The van der Waals surface area contributed by atoms with Crippen LogP contribution in [0.4, 0.5) is 0 Å². The van der Waals surface area contributed by atoms with E-state index in [2.05, 4.69) is 19.2 Å². The van der Waals surface area contributed by atoms with Crippen LogP contribution in [0.15, 0.2) is 12.2 Å². The van der Waals surface area contributed by atoms with Crippen molar-refractivity contribution >= 4 is 13.7 Å². The van der Waals surface area contributed by atoms with Crippen molar-refractivity contribution in [1.82, 2.24) is 5.32 Å². The molecule has 0 radical (unpaired) electrons. The second-order valence-corrected chi connectivity index (χ2v) is 16.7. The molecule has 0 aromatic carbocycles. The summed E-state index contributed by atoms with van der Waals surface area (Å²) in [6.07, 6.45) is 44.0. The predicted octanol–water partition coefficient (Wildman–Crippen LogP) is 12.4. The van der Waals surface area contributed by atoms with Gasteiger partial charge in [0.05, 0.1) is 25.4 Å². The van der Waals surface area contributed by atoms with Crippen LogP contribution in [0.5, 0.6) is 0 Å². The number of phosphoric ester groups is 1. The molecule has 0 aromatic rings. The number of amides is 1. The Bertz CT molecular complexity index is 829. The molecule has 52 heavy (non-hydrogen) atoms.